The lowest BCUT2D eigenvalue weighted by molar-refractivity contribution is -0.136. The van der Waals surface area contributed by atoms with Crippen molar-refractivity contribution in [3.05, 3.63) is 70.6 Å². The Morgan fingerprint density at radius 3 is 2.69 bits per heavy atom. The molecule has 4 nitrogen and oxygen atoms in total. The van der Waals surface area contributed by atoms with Crippen LogP contribution in [0.4, 0.5) is 0 Å². The number of carbonyl (C=O) groups is 2. The third-order valence-corrected chi connectivity index (χ3v) is 5.32. The van der Waals surface area contributed by atoms with Gasteiger partial charge in [-0.2, -0.15) is 0 Å². The van der Waals surface area contributed by atoms with Gasteiger partial charge in [0.25, 0.3) is 0 Å². The number of esters is 1. The standard InChI is InChI=1S/C22H21NO3/c1-13-19(22(25)26-2)20(21-17(23-13)11-6-12-18(21)24)16-10-5-8-14-7-3-4-9-15(14)16/h3-5,7-10,20,23H,6,11-12H2,1-2H3/t20-/m0/s1. The van der Waals surface area contributed by atoms with E-state index in [4.69, 9.17) is 4.74 Å². The molecule has 0 aromatic heterocycles. The molecule has 2 aromatic carbocycles. The van der Waals surface area contributed by atoms with Gasteiger partial charge in [0, 0.05) is 29.3 Å². The fourth-order valence-electron chi connectivity index (χ4n) is 4.18. The van der Waals surface area contributed by atoms with E-state index in [-0.39, 0.29) is 5.78 Å². The minimum atomic E-state index is -0.391. The SMILES string of the molecule is COC(=O)C1=C(C)NC2=C(C(=O)CCC2)[C@H]1c1cccc2ccccc12. The predicted molar refractivity (Wildman–Crippen MR) is 100 cm³/mol. The van der Waals surface area contributed by atoms with Crippen molar-refractivity contribution in [2.45, 2.75) is 32.1 Å². The number of allylic oxidation sites excluding steroid dienone is 3. The molecule has 2 aromatic rings. The molecule has 4 rings (SSSR count). The maximum atomic E-state index is 12.8. The van der Waals surface area contributed by atoms with Crippen LogP contribution in [0.3, 0.4) is 0 Å². The zero-order valence-electron chi connectivity index (χ0n) is 15.0. The van der Waals surface area contributed by atoms with Gasteiger partial charge in [-0.05, 0) is 36.1 Å². The molecule has 1 heterocycles. The van der Waals surface area contributed by atoms with Crippen LogP contribution in [0.1, 0.15) is 37.7 Å². The Morgan fingerprint density at radius 2 is 1.88 bits per heavy atom. The largest absolute Gasteiger partial charge is 0.466 e. The molecule has 4 heteroatoms. The molecule has 0 radical (unpaired) electrons. The highest BCUT2D eigenvalue weighted by molar-refractivity contribution is 6.05. The summed E-state index contributed by atoms with van der Waals surface area (Å²) < 4.78 is 5.07. The third-order valence-electron chi connectivity index (χ3n) is 5.32. The Hall–Kier alpha value is -2.88. The van der Waals surface area contributed by atoms with Gasteiger partial charge in [-0.3, -0.25) is 4.79 Å². The monoisotopic (exact) mass is 347 g/mol. The van der Waals surface area contributed by atoms with Crippen LogP contribution in [0.15, 0.2) is 65.0 Å². The van der Waals surface area contributed by atoms with Gasteiger partial charge in [0.05, 0.1) is 12.7 Å². The zero-order chi connectivity index (χ0) is 18.3. The number of Topliss-reactive ketones (excluding diaryl/α,β-unsaturated/α-hetero) is 1. The van der Waals surface area contributed by atoms with Gasteiger partial charge in [0.2, 0.25) is 0 Å². The van der Waals surface area contributed by atoms with E-state index in [1.807, 2.05) is 49.4 Å². The van der Waals surface area contributed by atoms with Crippen molar-refractivity contribution in [2.75, 3.05) is 7.11 Å². The van der Waals surface area contributed by atoms with E-state index in [0.717, 1.165) is 46.1 Å². The highest BCUT2D eigenvalue weighted by Gasteiger charge is 2.39. The minimum absolute atomic E-state index is 0.116. The van der Waals surface area contributed by atoms with E-state index in [9.17, 15) is 9.59 Å². The van der Waals surface area contributed by atoms with Crippen molar-refractivity contribution in [1.82, 2.24) is 5.32 Å². The number of dihydropyridines is 1. The van der Waals surface area contributed by atoms with E-state index in [1.54, 1.807) is 0 Å². The van der Waals surface area contributed by atoms with Crippen LogP contribution in [-0.4, -0.2) is 18.9 Å². The Bertz CT molecular complexity index is 979. The first-order valence-electron chi connectivity index (χ1n) is 8.92. The summed E-state index contributed by atoms with van der Waals surface area (Å²) in [4.78, 5) is 25.5. The van der Waals surface area contributed by atoms with Crippen molar-refractivity contribution in [3.8, 4) is 0 Å². The van der Waals surface area contributed by atoms with Crippen molar-refractivity contribution < 1.29 is 14.3 Å². The average molecular weight is 347 g/mol. The Kier molecular flexibility index (Phi) is 4.11. The van der Waals surface area contributed by atoms with E-state index >= 15 is 0 Å². The summed E-state index contributed by atoms with van der Waals surface area (Å²) in [5.41, 5.74) is 3.94. The number of fused-ring (bicyclic) bond motifs is 1. The summed E-state index contributed by atoms with van der Waals surface area (Å²) in [7, 11) is 1.38. The predicted octanol–water partition coefficient (Wildman–Crippen LogP) is 3.98. The lowest BCUT2D eigenvalue weighted by Gasteiger charge is -2.34. The lowest BCUT2D eigenvalue weighted by Crippen LogP contribution is -2.34. The van der Waals surface area contributed by atoms with Crippen molar-refractivity contribution in [2.24, 2.45) is 0 Å². The topological polar surface area (TPSA) is 55.4 Å². The molecule has 0 unspecified atom stereocenters. The first-order chi connectivity index (χ1) is 12.6. The van der Waals surface area contributed by atoms with Gasteiger partial charge in [-0.15, -0.1) is 0 Å². The molecular weight excluding hydrogens is 326 g/mol. The van der Waals surface area contributed by atoms with Gasteiger partial charge >= 0.3 is 5.97 Å². The van der Waals surface area contributed by atoms with E-state index in [0.29, 0.717) is 12.0 Å². The Labute approximate surface area is 152 Å². The number of hydrogen-bond acceptors (Lipinski definition) is 4. The molecule has 1 atom stereocenters. The maximum Gasteiger partial charge on any atom is 0.336 e. The number of hydrogen-bond donors (Lipinski definition) is 1. The van der Waals surface area contributed by atoms with Gasteiger partial charge in [0.1, 0.15) is 0 Å². The van der Waals surface area contributed by atoms with Crippen LogP contribution in [0.5, 0.6) is 0 Å². The van der Waals surface area contributed by atoms with Gasteiger partial charge in [-0.1, -0.05) is 42.5 Å². The van der Waals surface area contributed by atoms with Gasteiger partial charge in [0.15, 0.2) is 5.78 Å². The zero-order valence-corrected chi connectivity index (χ0v) is 15.0. The van der Waals surface area contributed by atoms with Crippen LogP contribution >= 0.6 is 0 Å². The van der Waals surface area contributed by atoms with E-state index < -0.39 is 11.9 Å². The fraction of sp³-hybridized carbons (Fsp3) is 0.273. The molecule has 0 bridgehead atoms. The van der Waals surface area contributed by atoms with Crippen LogP contribution in [0, 0.1) is 0 Å². The first kappa shape index (κ1) is 16.6. The molecule has 2 aliphatic rings. The Morgan fingerprint density at radius 1 is 1.12 bits per heavy atom. The van der Waals surface area contributed by atoms with Crippen molar-refractivity contribution in [1.29, 1.82) is 0 Å². The number of nitrogens with one attached hydrogen (secondary N) is 1. The number of benzene rings is 2. The second-order valence-corrected chi connectivity index (χ2v) is 6.83. The molecular formula is C22H21NO3. The lowest BCUT2D eigenvalue weighted by atomic mass is 9.74. The number of carbonyl (C=O) groups excluding carboxylic acids is 2. The molecule has 26 heavy (non-hydrogen) atoms. The number of ether oxygens (including phenoxy) is 1. The normalized spacial score (nSPS) is 20.1. The maximum absolute atomic E-state index is 12.8. The number of rotatable bonds is 2. The van der Waals surface area contributed by atoms with E-state index in [1.165, 1.54) is 7.11 Å². The molecule has 1 aliphatic carbocycles. The van der Waals surface area contributed by atoms with Crippen LogP contribution in [0.25, 0.3) is 10.8 Å². The first-order valence-corrected chi connectivity index (χ1v) is 8.92. The Balaban J connectivity index is 2.01. The van der Waals surface area contributed by atoms with Gasteiger partial charge in [-0.25, -0.2) is 4.79 Å². The average Bonchev–Trinajstić information content (AvgIpc) is 2.66. The van der Waals surface area contributed by atoms with Crippen molar-refractivity contribution in [3.63, 3.8) is 0 Å². The smallest absolute Gasteiger partial charge is 0.336 e. The second-order valence-electron chi connectivity index (χ2n) is 6.83. The molecule has 1 aliphatic heterocycles. The summed E-state index contributed by atoms with van der Waals surface area (Å²) in [6, 6.07) is 14.1. The molecule has 0 saturated carbocycles. The van der Waals surface area contributed by atoms with Crippen LogP contribution in [0.2, 0.25) is 0 Å². The second kappa shape index (κ2) is 6.45. The molecule has 0 amide bonds. The number of ketones is 1. The van der Waals surface area contributed by atoms with E-state index in [2.05, 4.69) is 5.32 Å². The summed E-state index contributed by atoms with van der Waals surface area (Å²) in [6.07, 6.45) is 2.19. The number of methoxy groups -OCH3 is 1. The minimum Gasteiger partial charge on any atom is -0.466 e. The highest BCUT2D eigenvalue weighted by atomic mass is 16.5. The summed E-state index contributed by atoms with van der Waals surface area (Å²) in [5.74, 6) is -0.666. The van der Waals surface area contributed by atoms with Crippen molar-refractivity contribution >= 4 is 22.5 Å². The highest BCUT2D eigenvalue weighted by Crippen LogP contribution is 2.44. The quantitative estimate of drug-likeness (QED) is 0.835. The molecule has 1 N–H and O–H groups in total. The summed E-state index contributed by atoms with van der Waals surface area (Å²) in [6.45, 7) is 1.88. The molecule has 0 fully saturated rings. The molecule has 0 saturated heterocycles. The summed E-state index contributed by atoms with van der Waals surface area (Å²) in [5, 5.41) is 5.45. The van der Waals surface area contributed by atoms with Crippen LogP contribution < -0.4 is 5.32 Å². The summed E-state index contributed by atoms with van der Waals surface area (Å²) >= 11 is 0. The molecule has 0 spiro atoms. The molecule has 132 valence electrons. The fourth-order valence-corrected chi connectivity index (χ4v) is 4.18. The third kappa shape index (κ3) is 2.53. The van der Waals surface area contributed by atoms with Crippen LogP contribution in [-0.2, 0) is 14.3 Å². The van der Waals surface area contributed by atoms with Gasteiger partial charge < -0.3 is 10.1 Å².